The second kappa shape index (κ2) is 21.9. The number of phenolic OH excluding ortho intramolecular Hbond substituents is 3. The van der Waals surface area contributed by atoms with Gasteiger partial charge in [-0.25, -0.2) is 0 Å². The van der Waals surface area contributed by atoms with Gasteiger partial charge in [0.25, 0.3) is 17.6 Å². The molecule has 1 saturated heterocycles. The number of benzene rings is 3. The Labute approximate surface area is 449 Å². The molecule has 4 aromatic rings. The number of aliphatic hydroxyl groups excluding tert-OH is 2. The number of hydrogen-bond donors (Lipinski definition) is 6. The second-order valence-electron chi connectivity index (χ2n) is 21.0. The lowest BCUT2D eigenvalue weighted by atomic mass is 9.78. The van der Waals surface area contributed by atoms with Crippen LogP contribution in [0.25, 0.3) is 10.8 Å². The molecule has 0 aliphatic carbocycles. The maximum atomic E-state index is 14.8. The van der Waals surface area contributed by atoms with Gasteiger partial charge in [0, 0.05) is 97.9 Å². The fourth-order valence-electron chi connectivity index (χ4n) is 10.6. The molecule has 9 rings (SSSR count). The number of imidazole rings is 1. The number of fused-ring (bicyclic) bond motifs is 15. The largest absolute Gasteiger partial charge is 0.507 e. The fraction of sp³-hybridized carbons (Fsp3) is 0.473. The molecular formula is C55H66N6O17. The van der Waals surface area contributed by atoms with E-state index in [2.05, 4.69) is 10.3 Å². The van der Waals surface area contributed by atoms with Gasteiger partial charge in [-0.1, -0.05) is 45.9 Å². The smallest absolute Gasteiger partial charge is 0.415 e. The summed E-state index contributed by atoms with van der Waals surface area (Å²) in [5, 5.41) is 73.0. The number of rotatable bonds is 8. The zero-order chi connectivity index (χ0) is 56.9. The zero-order valence-corrected chi connectivity index (χ0v) is 45.0. The molecule has 3 aromatic carbocycles. The van der Waals surface area contributed by atoms with Crippen LogP contribution in [-0.2, 0) is 30.3 Å². The number of amides is 2. The van der Waals surface area contributed by atoms with Crippen LogP contribution < -0.4 is 24.4 Å². The number of ether oxygens (including phenoxy) is 6. The molecule has 418 valence electrons. The summed E-state index contributed by atoms with van der Waals surface area (Å²) in [6.45, 7) is 14.8. The number of nitrogens with one attached hydrogen (secondary N) is 1. The highest BCUT2D eigenvalue weighted by Crippen LogP contribution is 2.58. The van der Waals surface area contributed by atoms with E-state index in [1.165, 1.54) is 59.4 Å². The maximum Gasteiger partial charge on any atom is 0.415 e. The molecule has 1 aromatic heterocycles. The number of hydrogen-bond acceptors (Lipinski definition) is 19. The van der Waals surface area contributed by atoms with E-state index in [0.29, 0.717) is 11.3 Å². The van der Waals surface area contributed by atoms with Crippen molar-refractivity contribution in [3.05, 3.63) is 93.4 Å². The normalized spacial score (nSPS) is 29.2. The molecule has 1 unspecified atom stereocenters. The third-order valence-electron chi connectivity index (χ3n) is 15.3. The minimum Gasteiger partial charge on any atom is -0.507 e. The number of nitro groups is 1. The zero-order valence-electron chi connectivity index (χ0n) is 45.0. The van der Waals surface area contributed by atoms with Crippen LogP contribution in [0.15, 0.2) is 66.6 Å². The molecule has 5 bridgehead atoms. The Morgan fingerprint density at radius 1 is 0.910 bits per heavy atom. The maximum absolute atomic E-state index is 14.8. The predicted molar refractivity (Wildman–Crippen MR) is 282 cm³/mol. The first-order valence-electron chi connectivity index (χ1n) is 25.5. The number of allylic oxidation sites excluding steroid dienone is 2. The average molecular weight is 1080 g/mol. The predicted octanol–water partition coefficient (Wildman–Crippen LogP) is 6.05. The molecule has 5 aliphatic heterocycles. The Hall–Kier alpha value is -7.89. The molecule has 6 N–H and O–H groups in total. The number of aromatic hydroxyl groups is 3. The molecule has 1 fully saturated rings. The number of nitrogens with zero attached hydrogens (tertiary/aromatic N) is 5. The summed E-state index contributed by atoms with van der Waals surface area (Å²) in [7, 11) is 1.42. The van der Waals surface area contributed by atoms with Gasteiger partial charge in [0.2, 0.25) is 0 Å². The summed E-state index contributed by atoms with van der Waals surface area (Å²) < 4.78 is 37.2. The van der Waals surface area contributed by atoms with Crippen LogP contribution >= 0.6 is 0 Å². The fourth-order valence-corrected chi connectivity index (χ4v) is 10.6. The minimum absolute atomic E-state index is 0.00609. The summed E-state index contributed by atoms with van der Waals surface area (Å²) >= 11 is 0. The number of Topliss-reactive ketones (excluding diaryl/α,β-unsaturated/α-hetero) is 1. The second-order valence-corrected chi connectivity index (χ2v) is 21.0. The third kappa shape index (κ3) is 10.6. The first-order chi connectivity index (χ1) is 36.8. The first kappa shape index (κ1) is 56.3. The highest BCUT2D eigenvalue weighted by molar-refractivity contribution is 6.23. The van der Waals surface area contributed by atoms with Gasteiger partial charge < -0.3 is 79.2 Å². The molecule has 0 spiro atoms. The number of aromatic nitrogens is 2. The molecule has 0 saturated carbocycles. The summed E-state index contributed by atoms with van der Waals surface area (Å²) in [5.74, 6) is -9.15. The molecule has 78 heavy (non-hydrogen) atoms. The van der Waals surface area contributed by atoms with E-state index in [1.54, 1.807) is 85.4 Å². The van der Waals surface area contributed by atoms with Gasteiger partial charge >= 0.3 is 23.6 Å². The average Bonchev–Trinajstić information content (AvgIpc) is 4.06. The summed E-state index contributed by atoms with van der Waals surface area (Å²) in [6.07, 6.45) is 4.56. The Kier molecular flexibility index (Phi) is 15.8. The standard InChI is InChI=1S/C55H66N6O17/c1-27-12-11-13-28(2)51(69)57-41-42(58-19-21-59(22-20-58)52(70)34-14-16-35(17-15-34)74-26-54(8)25-60-24-37(61(71)72)56-53(60)78-54)47(67)38-39(46(41)66)45(65)32(6)49-40(38)50(68)55(9,77-49)75-23-18-36(73-10)29(3)48(76-33(7)62)31(5)44(64)30(4)43(27)63/h11-18,23-24,27,29-31,36,43-44,48,63-67H,19-22,25-26H2,1-10H3,(H,57,69)/b12-11+,23-18+,28-13-/t27-,29+,30+,31+,36-,43-,44+,48+,54?,55-/m0/s1. The molecule has 2 amide bonds. The van der Waals surface area contributed by atoms with Crippen molar-refractivity contribution in [2.45, 2.75) is 105 Å². The molecular weight excluding hydrogens is 1020 g/mol. The monoisotopic (exact) mass is 1080 g/mol. The van der Waals surface area contributed by atoms with Gasteiger partial charge in [0.15, 0.2) is 11.4 Å². The Morgan fingerprint density at radius 2 is 1.59 bits per heavy atom. The van der Waals surface area contributed by atoms with Crippen LogP contribution in [0.2, 0.25) is 0 Å². The molecule has 10 atom stereocenters. The van der Waals surface area contributed by atoms with Gasteiger partial charge in [-0.2, -0.15) is 0 Å². The van der Waals surface area contributed by atoms with Gasteiger partial charge in [-0.15, -0.1) is 0 Å². The number of carbonyl (C=O) groups excluding carboxylic acids is 4. The number of esters is 1. The van der Waals surface area contributed by atoms with Gasteiger partial charge in [-0.05, 0) is 56.0 Å². The van der Waals surface area contributed by atoms with Crippen molar-refractivity contribution >= 4 is 51.5 Å². The van der Waals surface area contributed by atoms with Gasteiger partial charge in [-0.3, -0.25) is 23.7 Å². The molecule has 6 heterocycles. The van der Waals surface area contributed by atoms with E-state index >= 15 is 0 Å². The topological polar surface area (TPSA) is 304 Å². The quantitative estimate of drug-likeness (QED) is 0.0384. The van der Waals surface area contributed by atoms with Gasteiger partial charge in [0.1, 0.15) is 53.3 Å². The van der Waals surface area contributed by atoms with E-state index in [0.717, 1.165) is 0 Å². The van der Waals surface area contributed by atoms with E-state index < -0.39 is 99.3 Å². The van der Waals surface area contributed by atoms with Crippen LogP contribution in [0.5, 0.6) is 34.8 Å². The van der Waals surface area contributed by atoms with Crippen LogP contribution in [0.3, 0.4) is 0 Å². The van der Waals surface area contributed by atoms with Crippen molar-refractivity contribution in [2.75, 3.05) is 50.1 Å². The number of aliphatic hydroxyl groups is 2. The van der Waals surface area contributed by atoms with E-state index in [-0.39, 0.29) is 102 Å². The number of methoxy groups -OCH3 is 1. The van der Waals surface area contributed by atoms with Crippen molar-refractivity contribution in [1.29, 1.82) is 0 Å². The Morgan fingerprint density at radius 3 is 2.22 bits per heavy atom. The molecule has 5 aliphatic rings. The van der Waals surface area contributed by atoms with Crippen molar-refractivity contribution in [3.8, 4) is 34.8 Å². The van der Waals surface area contributed by atoms with E-state index in [9.17, 15) is 54.8 Å². The van der Waals surface area contributed by atoms with Crippen LogP contribution in [-0.4, -0.2) is 144 Å². The molecule has 0 radical (unpaired) electrons. The first-order valence-corrected chi connectivity index (χ1v) is 25.5. The highest BCUT2D eigenvalue weighted by Gasteiger charge is 2.50. The number of piperazine rings is 1. The summed E-state index contributed by atoms with van der Waals surface area (Å²) in [4.78, 5) is 73.0. The lowest BCUT2D eigenvalue weighted by Gasteiger charge is -2.38. The minimum atomic E-state index is -2.12. The number of carbonyl (C=O) groups is 4. The Balaban J connectivity index is 1.10. The third-order valence-corrected chi connectivity index (χ3v) is 15.3. The van der Waals surface area contributed by atoms with Crippen molar-refractivity contribution < 1.29 is 78.1 Å². The number of anilines is 2. The number of ketones is 1. The highest BCUT2D eigenvalue weighted by atomic mass is 16.7. The summed E-state index contributed by atoms with van der Waals surface area (Å²) in [5.41, 5.74) is -1.05. The van der Waals surface area contributed by atoms with Crippen LogP contribution in [0, 0.1) is 40.7 Å². The van der Waals surface area contributed by atoms with Crippen molar-refractivity contribution in [2.24, 2.45) is 23.7 Å². The van der Waals surface area contributed by atoms with Crippen LogP contribution in [0.1, 0.15) is 81.7 Å². The number of phenols is 3. The molecule has 23 heteroatoms. The van der Waals surface area contributed by atoms with E-state index in [4.69, 9.17) is 28.4 Å². The van der Waals surface area contributed by atoms with E-state index in [1.807, 2.05) is 0 Å². The van der Waals surface area contributed by atoms with Crippen molar-refractivity contribution in [1.82, 2.24) is 14.5 Å². The van der Waals surface area contributed by atoms with Crippen LogP contribution in [0.4, 0.5) is 17.2 Å². The Bertz CT molecular complexity index is 3100. The molecule has 23 nitrogen and oxygen atoms in total. The lowest BCUT2D eigenvalue weighted by molar-refractivity contribution is -0.389. The summed E-state index contributed by atoms with van der Waals surface area (Å²) in [6, 6.07) is 6.58. The van der Waals surface area contributed by atoms with Gasteiger partial charge in [0.05, 0.1) is 42.1 Å². The SMILES string of the molecule is CO[C@H]1/C=C/O[C@@]2(C)Oc3c(C)c(O)c4c(O)c(c(N5CCN(C(=O)c6ccc(OCC7(C)Cn8cc([N+](=O)[O-])nc8O7)cc6)CC5)c(O)c4c3C2=O)NC(=O)/C(C)=C\C=C\[C@H](C)[C@H](O)[C@@H](C)[C@@H](O)[C@@H](C)[C@H](OC(C)=O)[C@@H]1C. The lowest BCUT2D eigenvalue weighted by Crippen LogP contribution is -2.49. The van der Waals surface area contributed by atoms with Crippen molar-refractivity contribution in [3.63, 3.8) is 0 Å².